The lowest BCUT2D eigenvalue weighted by molar-refractivity contribution is 0.279. The summed E-state index contributed by atoms with van der Waals surface area (Å²) >= 11 is 0. The zero-order valence-electron chi connectivity index (χ0n) is 6.64. The van der Waals surface area contributed by atoms with Crippen LogP contribution in [0.2, 0.25) is 0 Å². The molecule has 0 heterocycles. The van der Waals surface area contributed by atoms with Crippen molar-refractivity contribution in [3.8, 4) is 0 Å². The Hall–Kier alpha value is -0.0800. The molecule has 2 aliphatic rings. The summed E-state index contributed by atoms with van der Waals surface area (Å²) < 4.78 is 0. The molecule has 2 rings (SSSR count). The Kier molecular flexibility index (Phi) is 3.16. The predicted molar refractivity (Wildman–Crippen MR) is 41.9 cm³/mol. The fraction of sp³-hybridized carbons (Fsp3) is 1.00. The van der Waals surface area contributed by atoms with Gasteiger partial charge in [0, 0.05) is 6.04 Å². The molecule has 2 fully saturated rings. The van der Waals surface area contributed by atoms with Crippen molar-refractivity contribution in [2.24, 2.45) is 0 Å². The summed E-state index contributed by atoms with van der Waals surface area (Å²) in [5.41, 5.74) is 0. The Morgan fingerprint density at radius 1 is 1.30 bits per heavy atom. The SMILES string of the molecule is CCNC1CC1.OC1CC1. The minimum atomic E-state index is 0.0833. The minimum Gasteiger partial charge on any atom is -0.393 e. The van der Waals surface area contributed by atoms with Crippen molar-refractivity contribution >= 4 is 0 Å². The molecule has 0 spiro atoms. The van der Waals surface area contributed by atoms with Gasteiger partial charge in [-0.25, -0.2) is 0 Å². The van der Waals surface area contributed by atoms with Crippen LogP contribution >= 0.6 is 0 Å². The van der Waals surface area contributed by atoms with Gasteiger partial charge in [0.15, 0.2) is 0 Å². The molecule has 0 unspecified atom stereocenters. The van der Waals surface area contributed by atoms with Gasteiger partial charge >= 0.3 is 0 Å². The number of nitrogens with one attached hydrogen (secondary N) is 1. The van der Waals surface area contributed by atoms with Crippen LogP contribution in [0.1, 0.15) is 32.6 Å². The van der Waals surface area contributed by atoms with Gasteiger partial charge in [0.2, 0.25) is 0 Å². The summed E-state index contributed by atoms with van der Waals surface area (Å²) in [6.45, 7) is 3.29. The standard InChI is InChI=1S/C5H11N.C3H6O/c1-2-6-5-3-4-5;4-3-1-2-3/h5-6H,2-4H2,1H3;3-4H,1-2H2. The van der Waals surface area contributed by atoms with E-state index >= 15 is 0 Å². The first-order chi connectivity index (χ1) is 4.83. The van der Waals surface area contributed by atoms with Gasteiger partial charge in [-0.15, -0.1) is 0 Å². The van der Waals surface area contributed by atoms with Crippen LogP contribution in [0.3, 0.4) is 0 Å². The molecule has 0 aliphatic heterocycles. The summed E-state index contributed by atoms with van der Waals surface area (Å²) in [6, 6.07) is 0.898. The molecule has 0 bridgehead atoms. The van der Waals surface area contributed by atoms with Crippen molar-refractivity contribution < 1.29 is 5.11 Å². The average Bonchev–Trinajstić information content (AvgIpc) is 2.68. The molecule has 0 aromatic rings. The van der Waals surface area contributed by atoms with Gasteiger partial charge in [-0.2, -0.15) is 0 Å². The van der Waals surface area contributed by atoms with Crippen LogP contribution in [-0.2, 0) is 0 Å². The molecule has 10 heavy (non-hydrogen) atoms. The first-order valence-electron chi connectivity index (χ1n) is 4.24. The van der Waals surface area contributed by atoms with Gasteiger partial charge in [0.1, 0.15) is 0 Å². The molecular weight excluding hydrogens is 126 g/mol. The fourth-order valence-electron chi connectivity index (χ4n) is 0.651. The van der Waals surface area contributed by atoms with Crippen LogP contribution in [-0.4, -0.2) is 23.8 Å². The number of rotatable bonds is 2. The maximum Gasteiger partial charge on any atom is 0.0542 e. The van der Waals surface area contributed by atoms with Gasteiger partial charge < -0.3 is 10.4 Å². The summed E-state index contributed by atoms with van der Waals surface area (Å²) in [5.74, 6) is 0. The topological polar surface area (TPSA) is 32.3 Å². The van der Waals surface area contributed by atoms with Gasteiger partial charge in [-0.1, -0.05) is 6.92 Å². The lowest BCUT2D eigenvalue weighted by Gasteiger charge is -1.89. The molecule has 0 aromatic heterocycles. The molecule has 2 N–H and O–H groups in total. The third-order valence-electron chi connectivity index (χ3n) is 1.62. The van der Waals surface area contributed by atoms with Crippen LogP contribution in [0, 0.1) is 0 Å². The van der Waals surface area contributed by atoms with E-state index in [4.69, 9.17) is 5.11 Å². The van der Waals surface area contributed by atoms with E-state index in [1.54, 1.807) is 0 Å². The zero-order valence-corrected chi connectivity index (χ0v) is 6.64. The molecule has 0 aromatic carbocycles. The van der Waals surface area contributed by atoms with Crippen molar-refractivity contribution in [1.82, 2.24) is 5.32 Å². The molecule has 2 aliphatic carbocycles. The van der Waals surface area contributed by atoms with Gasteiger partial charge in [-0.3, -0.25) is 0 Å². The second-order valence-electron chi connectivity index (χ2n) is 3.06. The first-order valence-corrected chi connectivity index (χ1v) is 4.24. The summed E-state index contributed by atoms with van der Waals surface area (Å²) in [4.78, 5) is 0. The van der Waals surface area contributed by atoms with Crippen LogP contribution in [0.15, 0.2) is 0 Å². The lowest BCUT2D eigenvalue weighted by atomic mass is 10.6. The smallest absolute Gasteiger partial charge is 0.0542 e. The molecular formula is C8H17NO. The third kappa shape index (κ3) is 4.77. The fourth-order valence-corrected chi connectivity index (χ4v) is 0.651. The van der Waals surface area contributed by atoms with Gasteiger partial charge in [-0.05, 0) is 32.2 Å². The predicted octanol–water partition coefficient (Wildman–Crippen LogP) is 0.899. The van der Waals surface area contributed by atoms with Crippen molar-refractivity contribution in [2.45, 2.75) is 44.8 Å². The number of hydrogen-bond donors (Lipinski definition) is 2. The van der Waals surface area contributed by atoms with E-state index < -0.39 is 0 Å². The maximum atomic E-state index is 8.17. The maximum absolute atomic E-state index is 8.17. The normalized spacial score (nSPS) is 23.4. The quantitative estimate of drug-likeness (QED) is 0.602. The molecule has 0 radical (unpaired) electrons. The monoisotopic (exact) mass is 143 g/mol. The summed E-state index contributed by atoms with van der Waals surface area (Å²) in [5, 5.41) is 11.5. The highest BCUT2D eigenvalue weighted by atomic mass is 16.3. The van der Waals surface area contributed by atoms with Gasteiger partial charge in [0.25, 0.3) is 0 Å². The molecule has 2 saturated carbocycles. The number of aliphatic hydroxyl groups excluding tert-OH is 1. The Balaban J connectivity index is 0.000000108. The second-order valence-corrected chi connectivity index (χ2v) is 3.06. The van der Waals surface area contributed by atoms with E-state index in [2.05, 4.69) is 12.2 Å². The lowest BCUT2D eigenvalue weighted by Crippen LogP contribution is -2.14. The van der Waals surface area contributed by atoms with Crippen molar-refractivity contribution in [3.63, 3.8) is 0 Å². The van der Waals surface area contributed by atoms with Crippen molar-refractivity contribution in [1.29, 1.82) is 0 Å². The largest absolute Gasteiger partial charge is 0.393 e. The Morgan fingerprint density at radius 2 is 1.80 bits per heavy atom. The van der Waals surface area contributed by atoms with E-state index in [1.807, 2.05) is 0 Å². The molecule has 0 saturated heterocycles. The van der Waals surface area contributed by atoms with E-state index in [9.17, 15) is 0 Å². The zero-order chi connectivity index (χ0) is 7.40. The number of aliphatic hydroxyl groups is 1. The van der Waals surface area contributed by atoms with Gasteiger partial charge in [0.05, 0.1) is 6.10 Å². The molecule has 0 amide bonds. The summed E-state index contributed by atoms with van der Waals surface area (Å²) in [7, 11) is 0. The van der Waals surface area contributed by atoms with E-state index in [0.29, 0.717) is 0 Å². The Bertz CT molecular complexity index is 87.3. The second kappa shape index (κ2) is 3.94. The highest BCUT2D eigenvalue weighted by molar-refractivity contribution is 4.79. The third-order valence-corrected chi connectivity index (χ3v) is 1.62. The van der Waals surface area contributed by atoms with Crippen LogP contribution in [0.25, 0.3) is 0 Å². The number of hydrogen-bond acceptors (Lipinski definition) is 2. The Labute approximate surface area is 62.6 Å². The molecule has 2 heteroatoms. The van der Waals surface area contributed by atoms with Crippen LogP contribution in [0.4, 0.5) is 0 Å². The molecule has 2 nitrogen and oxygen atoms in total. The van der Waals surface area contributed by atoms with E-state index in [1.165, 1.54) is 12.8 Å². The summed E-state index contributed by atoms with van der Waals surface area (Å²) in [6.07, 6.45) is 4.99. The van der Waals surface area contributed by atoms with E-state index in [-0.39, 0.29) is 6.10 Å². The first kappa shape index (κ1) is 8.02. The minimum absolute atomic E-state index is 0.0833. The van der Waals surface area contributed by atoms with Crippen LogP contribution in [0.5, 0.6) is 0 Å². The molecule has 60 valence electrons. The highest BCUT2D eigenvalue weighted by Crippen LogP contribution is 2.17. The Morgan fingerprint density at radius 3 is 1.90 bits per heavy atom. The van der Waals surface area contributed by atoms with Crippen molar-refractivity contribution in [3.05, 3.63) is 0 Å². The average molecular weight is 143 g/mol. The molecule has 0 atom stereocenters. The van der Waals surface area contributed by atoms with E-state index in [0.717, 1.165) is 25.4 Å². The van der Waals surface area contributed by atoms with Crippen LogP contribution < -0.4 is 5.32 Å². The van der Waals surface area contributed by atoms with Crippen molar-refractivity contribution in [2.75, 3.05) is 6.54 Å². The highest BCUT2D eigenvalue weighted by Gasteiger charge is 2.18.